The molecule has 0 saturated carbocycles. The second kappa shape index (κ2) is 7.21. The van der Waals surface area contributed by atoms with Crippen LogP contribution in [0.4, 0.5) is 0 Å². The SMILES string of the molecule is CCS(=O)(=O)CCCC(=O)CN1CCC(N)CC1. The minimum atomic E-state index is -2.94. The minimum absolute atomic E-state index is 0.125. The molecule has 0 radical (unpaired) electrons. The summed E-state index contributed by atoms with van der Waals surface area (Å²) in [7, 11) is -2.94. The van der Waals surface area contributed by atoms with Crippen LogP contribution in [-0.4, -0.2) is 56.3 Å². The topological polar surface area (TPSA) is 80.5 Å². The summed E-state index contributed by atoms with van der Waals surface area (Å²) in [5.74, 6) is 0.419. The van der Waals surface area contributed by atoms with Crippen LogP contribution in [-0.2, 0) is 14.6 Å². The molecule has 106 valence electrons. The molecule has 0 aliphatic carbocycles. The number of ketones is 1. The van der Waals surface area contributed by atoms with Crippen molar-refractivity contribution < 1.29 is 13.2 Å². The van der Waals surface area contributed by atoms with Crippen LogP contribution in [0.2, 0.25) is 0 Å². The molecule has 6 heteroatoms. The van der Waals surface area contributed by atoms with Crippen molar-refractivity contribution >= 4 is 15.6 Å². The summed E-state index contributed by atoms with van der Waals surface area (Å²) in [6, 6.07) is 0.269. The lowest BCUT2D eigenvalue weighted by atomic mass is 10.1. The Hall–Kier alpha value is -0.460. The van der Waals surface area contributed by atoms with E-state index >= 15 is 0 Å². The van der Waals surface area contributed by atoms with E-state index in [0.29, 0.717) is 19.4 Å². The zero-order chi connectivity index (χ0) is 13.6. The molecule has 0 amide bonds. The molecule has 1 fully saturated rings. The highest BCUT2D eigenvalue weighted by Crippen LogP contribution is 2.08. The standard InChI is InChI=1S/C12H24N2O3S/c1-2-18(16,17)9-3-4-12(15)10-14-7-5-11(13)6-8-14/h11H,2-10,13H2,1H3. The largest absolute Gasteiger partial charge is 0.328 e. The average molecular weight is 276 g/mol. The Labute approximate surface area is 110 Å². The number of sulfone groups is 1. The van der Waals surface area contributed by atoms with Gasteiger partial charge in [-0.3, -0.25) is 9.69 Å². The summed E-state index contributed by atoms with van der Waals surface area (Å²) in [4.78, 5) is 13.8. The van der Waals surface area contributed by atoms with Gasteiger partial charge in [0.2, 0.25) is 0 Å². The summed E-state index contributed by atoms with van der Waals surface area (Å²) >= 11 is 0. The lowest BCUT2D eigenvalue weighted by Crippen LogP contribution is -2.41. The van der Waals surface area contributed by atoms with Crippen LogP contribution in [0, 0.1) is 0 Å². The van der Waals surface area contributed by atoms with Crippen molar-refractivity contribution in [2.75, 3.05) is 31.1 Å². The van der Waals surface area contributed by atoms with Gasteiger partial charge < -0.3 is 5.73 Å². The number of piperidine rings is 1. The quantitative estimate of drug-likeness (QED) is 0.718. The highest BCUT2D eigenvalue weighted by atomic mass is 32.2. The molecule has 1 aliphatic rings. The van der Waals surface area contributed by atoms with Crippen molar-refractivity contribution in [1.29, 1.82) is 0 Å². The summed E-state index contributed by atoms with van der Waals surface area (Å²) in [5, 5.41) is 0. The van der Waals surface area contributed by atoms with E-state index in [1.807, 2.05) is 0 Å². The number of hydrogen-bond donors (Lipinski definition) is 1. The second-order valence-corrected chi connectivity index (χ2v) is 7.46. The number of Topliss-reactive ketones (excluding diaryl/α,β-unsaturated/α-hetero) is 1. The number of nitrogens with zero attached hydrogens (tertiary/aromatic N) is 1. The monoisotopic (exact) mass is 276 g/mol. The lowest BCUT2D eigenvalue weighted by Gasteiger charge is -2.29. The van der Waals surface area contributed by atoms with Crippen LogP contribution in [0.15, 0.2) is 0 Å². The van der Waals surface area contributed by atoms with Gasteiger partial charge in [-0.2, -0.15) is 0 Å². The van der Waals surface area contributed by atoms with Gasteiger partial charge in [0.15, 0.2) is 0 Å². The number of likely N-dealkylation sites (tertiary alicyclic amines) is 1. The molecule has 1 rings (SSSR count). The minimum Gasteiger partial charge on any atom is -0.328 e. The summed E-state index contributed by atoms with van der Waals surface area (Å²) < 4.78 is 22.5. The van der Waals surface area contributed by atoms with Gasteiger partial charge in [-0.1, -0.05) is 6.92 Å². The van der Waals surface area contributed by atoms with Crippen molar-refractivity contribution in [1.82, 2.24) is 4.90 Å². The molecule has 1 saturated heterocycles. The molecule has 2 N–H and O–H groups in total. The van der Waals surface area contributed by atoms with Crippen molar-refractivity contribution in [3.05, 3.63) is 0 Å². The van der Waals surface area contributed by atoms with E-state index < -0.39 is 9.84 Å². The van der Waals surface area contributed by atoms with Crippen LogP contribution < -0.4 is 5.73 Å². The molecule has 1 heterocycles. The molecular formula is C12H24N2O3S. The molecule has 0 unspecified atom stereocenters. The summed E-state index contributed by atoms with van der Waals surface area (Å²) in [6.45, 7) is 3.83. The normalized spacial score (nSPS) is 19.0. The van der Waals surface area contributed by atoms with E-state index in [9.17, 15) is 13.2 Å². The van der Waals surface area contributed by atoms with E-state index in [-0.39, 0.29) is 23.3 Å². The predicted octanol–water partition coefficient (Wildman–Crippen LogP) is 0.194. The fraction of sp³-hybridized carbons (Fsp3) is 0.917. The Bertz CT molecular complexity index is 360. The van der Waals surface area contributed by atoms with Gasteiger partial charge in [0.05, 0.1) is 12.3 Å². The Morgan fingerprint density at radius 2 is 1.94 bits per heavy atom. The molecular weight excluding hydrogens is 252 g/mol. The molecule has 0 aromatic heterocycles. The van der Waals surface area contributed by atoms with Crippen LogP contribution in [0.5, 0.6) is 0 Å². The Morgan fingerprint density at radius 1 is 1.33 bits per heavy atom. The molecule has 0 aromatic carbocycles. The lowest BCUT2D eigenvalue weighted by molar-refractivity contribution is -0.120. The van der Waals surface area contributed by atoms with Gasteiger partial charge in [0.1, 0.15) is 15.6 Å². The third kappa shape index (κ3) is 5.93. The van der Waals surface area contributed by atoms with Gasteiger partial charge in [0.25, 0.3) is 0 Å². The molecule has 18 heavy (non-hydrogen) atoms. The smallest absolute Gasteiger partial charge is 0.150 e. The molecule has 0 atom stereocenters. The van der Waals surface area contributed by atoms with Gasteiger partial charge in [-0.25, -0.2) is 8.42 Å². The number of rotatable bonds is 7. The van der Waals surface area contributed by atoms with E-state index in [2.05, 4.69) is 4.90 Å². The van der Waals surface area contributed by atoms with Gasteiger partial charge in [-0.05, 0) is 19.3 Å². The number of nitrogens with two attached hydrogens (primary N) is 1. The molecule has 5 nitrogen and oxygen atoms in total. The Morgan fingerprint density at radius 3 is 2.50 bits per heavy atom. The summed E-state index contributed by atoms with van der Waals surface area (Å²) in [5.41, 5.74) is 5.79. The third-order valence-corrected chi connectivity index (χ3v) is 5.17. The summed E-state index contributed by atoms with van der Waals surface area (Å²) in [6.07, 6.45) is 2.69. The predicted molar refractivity (Wildman–Crippen MR) is 72.2 cm³/mol. The van der Waals surface area contributed by atoms with E-state index in [1.165, 1.54) is 0 Å². The second-order valence-electron chi connectivity index (χ2n) is 4.99. The third-order valence-electron chi connectivity index (χ3n) is 3.38. The van der Waals surface area contributed by atoms with Crippen LogP contribution in [0.1, 0.15) is 32.6 Å². The number of carbonyl (C=O) groups excluding carboxylic acids is 1. The Kier molecular flexibility index (Phi) is 6.25. The maximum absolute atomic E-state index is 11.7. The van der Waals surface area contributed by atoms with Gasteiger partial charge in [0, 0.05) is 31.3 Å². The van der Waals surface area contributed by atoms with Crippen LogP contribution in [0.3, 0.4) is 0 Å². The molecule has 0 bridgehead atoms. The van der Waals surface area contributed by atoms with Crippen molar-refractivity contribution in [2.45, 2.75) is 38.6 Å². The first-order valence-corrected chi connectivity index (χ1v) is 8.45. The average Bonchev–Trinajstić information content (AvgIpc) is 2.32. The maximum atomic E-state index is 11.7. The highest BCUT2D eigenvalue weighted by molar-refractivity contribution is 7.91. The van der Waals surface area contributed by atoms with Gasteiger partial charge in [-0.15, -0.1) is 0 Å². The fourth-order valence-corrected chi connectivity index (χ4v) is 2.95. The van der Waals surface area contributed by atoms with Crippen molar-refractivity contribution in [2.24, 2.45) is 5.73 Å². The molecule has 0 aromatic rings. The number of carbonyl (C=O) groups is 1. The van der Waals surface area contributed by atoms with Crippen LogP contribution in [0.25, 0.3) is 0 Å². The molecule has 1 aliphatic heterocycles. The molecule has 0 spiro atoms. The highest BCUT2D eigenvalue weighted by Gasteiger charge is 2.18. The fourth-order valence-electron chi connectivity index (χ4n) is 2.07. The Balaban J connectivity index is 2.18. The van der Waals surface area contributed by atoms with Crippen LogP contribution >= 0.6 is 0 Å². The first kappa shape index (κ1) is 15.6. The number of hydrogen-bond acceptors (Lipinski definition) is 5. The van der Waals surface area contributed by atoms with E-state index in [4.69, 9.17) is 5.73 Å². The zero-order valence-corrected chi connectivity index (χ0v) is 11.9. The zero-order valence-electron chi connectivity index (χ0n) is 11.1. The van der Waals surface area contributed by atoms with E-state index in [1.54, 1.807) is 6.92 Å². The first-order valence-electron chi connectivity index (χ1n) is 6.63. The van der Waals surface area contributed by atoms with Crippen molar-refractivity contribution in [3.8, 4) is 0 Å². The van der Waals surface area contributed by atoms with Crippen molar-refractivity contribution in [3.63, 3.8) is 0 Å². The maximum Gasteiger partial charge on any atom is 0.150 e. The van der Waals surface area contributed by atoms with E-state index in [0.717, 1.165) is 25.9 Å². The van der Waals surface area contributed by atoms with Gasteiger partial charge >= 0.3 is 0 Å². The first-order chi connectivity index (χ1) is 8.43.